The van der Waals surface area contributed by atoms with E-state index in [0.29, 0.717) is 11.4 Å². The van der Waals surface area contributed by atoms with Crippen LogP contribution in [0.3, 0.4) is 0 Å². The highest BCUT2D eigenvalue weighted by molar-refractivity contribution is 7.92. The maximum absolute atomic E-state index is 11.6. The summed E-state index contributed by atoms with van der Waals surface area (Å²) in [6.07, 6.45) is 0. The van der Waals surface area contributed by atoms with E-state index in [9.17, 15) is 13.2 Å². The molecule has 0 aliphatic rings. The van der Waals surface area contributed by atoms with Crippen LogP contribution in [0.15, 0.2) is 24.3 Å². The Balaban J connectivity index is 2.66. The summed E-state index contributed by atoms with van der Waals surface area (Å²) in [6.45, 7) is 3.59. The van der Waals surface area contributed by atoms with Crippen LogP contribution in [0.25, 0.3) is 0 Å². The molecule has 100 valence electrons. The Kier molecular flexibility index (Phi) is 4.72. The zero-order valence-corrected chi connectivity index (χ0v) is 11.3. The van der Waals surface area contributed by atoms with Gasteiger partial charge in [-0.1, -0.05) is 26.0 Å². The Bertz CT molecular complexity index is 524. The monoisotopic (exact) mass is 270 g/mol. The fourth-order valence-corrected chi connectivity index (χ4v) is 3.17. The van der Waals surface area contributed by atoms with Gasteiger partial charge < -0.3 is 11.1 Å². The van der Waals surface area contributed by atoms with Gasteiger partial charge in [0.05, 0.1) is 17.1 Å². The van der Waals surface area contributed by atoms with E-state index in [1.54, 1.807) is 38.1 Å². The van der Waals surface area contributed by atoms with Gasteiger partial charge in [-0.15, -0.1) is 0 Å². The van der Waals surface area contributed by atoms with Crippen LogP contribution >= 0.6 is 0 Å². The zero-order valence-electron chi connectivity index (χ0n) is 10.5. The summed E-state index contributed by atoms with van der Waals surface area (Å²) in [4.78, 5) is 11.6. The molecule has 1 aromatic rings. The molecule has 0 spiro atoms. The lowest BCUT2D eigenvalue weighted by molar-refractivity contribution is -0.113. The number of hydrogen-bond acceptors (Lipinski definition) is 4. The van der Waals surface area contributed by atoms with Crippen molar-refractivity contribution in [2.75, 3.05) is 22.6 Å². The third kappa shape index (κ3) is 4.75. The highest BCUT2D eigenvalue weighted by Crippen LogP contribution is 2.16. The number of benzene rings is 1. The fourth-order valence-electron chi connectivity index (χ4n) is 1.56. The number of hydrogen-bond donors (Lipinski definition) is 2. The average molecular weight is 270 g/mol. The molecule has 0 saturated carbocycles. The van der Waals surface area contributed by atoms with Gasteiger partial charge in [0.2, 0.25) is 5.91 Å². The van der Waals surface area contributed by atoms with Crippen molar-refractivity contribution in [3.05, 3.63) is 24.3 Å². The van der Waals surface area contributed by atoms with Gasteiger partial charge in [-0.25, -0.2) is 8.42 Å². The summed E-state index contributed by atoms with van der Waals surface area (Å²) in [5.41, 5.74) is 6.49. The Labute approximate surface area is 107 Å². The van der Waals surface area contributed by atoms with Gasteiger partial charge in [0.25, 0.3) is 0 Å². The van der Waals surface area contributed by atoms with Crippen molar-refractivity contribution in [2.45, 2.75) is 13.8 Å². The number of rotatable bonds is 5. The Morgan fingerprint density at radius 3 is 2.50 bits per heavy atom. The van der Waals surface area contributed by atoms with Crippen LogP contribution in [0.5, 0.6) is 0 Å². The lowest BCUT2D eigenvalue weighted by atomic mass is 10.3. The summed E-state index contributed by atoms with van der Waals surface area (Å²) in [7, 11) is -3.37. The van der Waals surface area contributed by atoms with Crippen LogP contribution in [-0.4, -0.2) is 25.8 Å². The summed E-state index contributed by atoms with van der Waals surface area (Å²) in [5, 5.41) is 2.50. The first-order valence-corrected chi connectivity index (χ1v) is 7.47. The van der Waals surface area contributed by atoms with E-state index in [4.69, 9.17) is 5.73 Å². The Morgan fingerprint density at radius 1 is 1.33 bits per heavy atom. The normalized spacial score (nSPS) is 11.5. The van der Waals surface area contributed by atoms with Crippen LogP contribution in [0, 0.1) is 5.92 Å². The predicted octanol–water partition coefficient (Wildman–Crippen LogP) is 1.28. The lowest BCUT2D eigenvalue weighted by Gasteiger charge is -2.09. The van der Waals surface area contributed by atoms with Crippen molar-refractivity contribution in [3.8, 4) is 0 Å². The van der Waals surface area contributed by atoms with E-state index in [2.05, 4.69) is 5.32 Å². The summed E-state index contributed by atoms with van der Waals surface area (Å²) >= 11 is 0. The van der Waals surface area contributed by atoms with Crippen LogP contribution in [0.2, 0.25) is 0 Å². The maximum atomic E-state index is 11.6. The lowest BCUT2D eigenvalue weighted by Crippen LogP contribution is -2.26. The maximum Gasteiger partial charge on any atom is 0.239 e. The van der Waals surface area contributed by atoms with Crippen LogP contribution in [0.4, 0.5) is 11.4 Å². The number of sulfone groups is 1. The number of carbonyl (C=O) groups is 1. The van der Waals surface area contributed by atoms with Gasteiger partial charge >= 0.3 is 0 Å². The average Bonchev–Trinajstić information content (AvgIpc) is 2.18. The van der Waals surface area contributed by atoms with Gasteiger partial charge in [-0.2, -0.15) is 0 Å². The molecule has 5 nitrogen and oxygen atoms in total. The molecule has 6 heteroatoms. The van der Waals surface area contributed by atoms with Crippen molar-refractivity contribution < 1.29 is 13.2 Å². The molecule has 0 aromatic heterocycles. The zero-order chi connectivity index (χ0) is 13.8. The van der Waals surface area contributed by atoms with Crippen LogP contribution in [0.1, 0.15) is 13.8 Å². The smallest absolute Gasteiger partial charge is 0.239 e. The van der Waals surface area contributed by atoms with E-state index in [0.717, 1.165) is 0 Å². The highest BCUT2D eigenvalue weighted by Gasteiger charge is 2.18. The minimum Gasteiger partial charge on any atom is -0.397 e. The molecule has 0 aliphatic heterocycles. The largest absolute Gasteiger partial charge is 0.397 e. The molecule has 1 rings (SSSR count). The third-order valence-corrected chi connectivity index (χ3v) is 4.05. The summed E-state index contributed by atoms with van der Waals surface area (Å²) in [6, 6.07) is 6.72. The minimum atomic E-state index is -3.37. The van der Waals surface area contributed by atoms with E-state index in [-0.39, 0.29) is 11.7 Å². The number of carbonyl (C=O) groups excluding carboxylic acids is 1. The molecule has 18 heavy (non-hydrogen) atoms. The second kappa shape index (κ2) is 5.86. The van der Waals surface area contributed by atoms with Crippen LogP contribution in [-0.2, 0) is 14.6 Å². The second-order valence-electron chi connectivity index (χ2n) is 4.58. The van der Waals surface area contributed by atoms with Gasteiger partial charge in [0.1, 0.15) is 5.75 Å². The second-order valence-corrected chi connectivity index (χ2v) is 6.69. The van der Waals surface area contributed by atoms with Crippen LogP contribution < -0.4 is 11.1 Å². The standard InChI is InChI=1S/C12H18N2O3S/c1-9(2)7-18(16,17)8-12(15)14-11-6-4-3-5-10(11)13/h3-6,9H,7-8,13H2,1-2H3,(H,14,15). The molecule has 0 atom stereocenters. The van der Waals surface area contributed by atoms with E-state index >= 15 is 0 Å². The van der Waals surface area contributed by atoms with Gasteiger partial charge in [-0.3, -0.25) is 4.79 Å². The molecule has 0 heterocycles. The molecule has 0 radical (unpaired) electrons. The van der Waals surface area contributed by atoms with E-state index < -0.39 is 21.5 Å². The number of nitrogens with one attached hydrogen (secondary N) is 1. The van der Waals surface area contributed by atoms with Crippen molar-refractivity contribution in [1.82, 2.24) is 0 Å². The van der Waals surface area contributed by atoms with E-state index in [1.807, 2.05) is 0 Å². The molecule has 0 fully saturated rings. The highest BCUT2D eigenvalue weighted by atomic mass is 32.2. The topological polar surface area (TPSA) is 89.3 Å². The van der Waals surface area contributed by atoms with Crippen molar-refractivity contribution in [3.63, 3.8) is 0 Å². The minimum absolute atomic E-state index is 0.00425. The number of nitrogens with two attached hydrogens (primary N) is 1. The molecular formula is C12H18N2O3S. The quantitative estimate of drug-likeness (QED) is 0.789. The molecule has 1 aromatic carbocycles. The Hall–Kier alpha value is -1.56. The number of anilines is 2. The first-order valence-electron chi connectivity index (χ1n) is 5.65. The molecule has 0 aliphatic carbocycles. The third-order valence-electron chi connectivity index (χ3n) is 2.17. The molecule has 0 bridgehead atoms. The first kappa shape index (κ1) is 14.5. The number of para-hydroxylation sites is 2. The molecule has 3 N–H and O–H groups in total. The van der Waals surface area contributed by atoms with Crippen molar-refractivity contribution in [1.29, 1.82) is 0 Å². The molecule has 0 unspecified atom stereocenters. The van der Waals surface area contributed by atoms with Gasteiger partial charge in [-0.05, 0) is 18.1 Å². The predicted molar refractivity (Wildman–Crippen MR) is 73.0 cm³/mol. The first-order chi connectivity index (χ1) is 8.30. The van der Waals surface area contributed by atoms with Crippen molar-refractivity contribution >= 4 is 27.1 Å². The molecule has 0 saturated heterocycles. The summed E-state index contributed by atoms with van der Waals surface area (Å²) < 4.78 is 23.3. The van der Waals surface area contributed by atoms with E-state index in [1.165, 1.54) is 0 Å². The Morgan fingerprint density at radius 2 is 1.94 bits per heavy atom. The van der Waals surface area contributed by atoms with Gasteiger partial charge in [0, 0.05) is 0 Å². The number of amides is 1. The SMILES string of the molecule is CC(C)CS(=O)(=O)CC(=O)Nc1ccccc1N. The van der Waals surface area contributed by atoms with Gasteiger partial charge in [0.15, 0.2) is 9.84 Å². The summed E-state index contributed by atoms with van der Waals surface area (Å²) in [5.74, 6) is -1.07. The molecule has 1 amide bonds. The number of nitrogen functional groups attached to an aromatic ring is 1. The van der Waals surface area contributed by atoms with Crippen molar-refractivity contribution in [2.24, 2.45) is 5.92 Å². The molecular weight excluding hydrogens is 252 g/mol. The fraction of sp³-hybridized carbons (Fsp3) is 0.417.